The molecule has 0 spiro atoms. The monoisotopic (exact) mass is 266 g/mol. The van der Waals surface area contributed by atoms with Gasteiger partial charge in [-0.25, -0.2) is 0 Å². The van der Waals surface area contributed by atoms with E-state index < -0.39 is 0 Å². The van der Waals surface area contributed by atoms with Crippen molar-refractivity contribution in [1.29, 1.82) is 5.26 Å². The molecular formula is C18H22N2. The van der Waals surface area contributed by atoms with Crippen molar-refractivity contribution in [2.24, 2.45) is 23.2 Å². The molecule has 0 atom stereocenters. The van der Waals surface area contributed by atoms with E-state index in [1.165, 1.54) is 44.1 Å². The molecule has 0 aliphatic heterocycles. The molecule has 0 amide bonds. The van der Waals surface area contributed by atoms with E-state index in [4.69, 9.17) is 0 Å². The minimum Gasteiger partial charge on any atom is -0.260 e. The lowest BCUT2D eigenvalue weighted by molar-refractivity contribution is -0.0522. The molecule has 5 rings (SSSR count). The van der Waals surface area contributed by atoms with E-state index in [1.807, 2.05) is 13.1 Å². The van der Waals surface area contributed by atoms with Crippen LogP contribution in [-0.4, -0.2) is 4.98 Å². The van der Waals surface area contributed by atoms with E-state index in [-0.39, 0.29) is 0 Å². The summed E-state index contributed by atoms with van der Waals surface area (Å²) in [6, 6.07) is 4.37. The summed E-state index contributed by atoms with van der Waals surface area (Å²) in [6.07, 6.45) is 11.9. The van der Waals surface area contributed by atoms with Gasteiger partial charge in [0.2, 0.25) is 0 Å². The van der Waals surface area contributed by atoms with Crippen LogP contribution in [0.4, 0.5) is 0 Å². The molecule has 0 N–H and O–H groups in total. The molecule has 4 aliphatic carbocycles. The van der Waals surface area contributed by atoms with Gasteiger partial charge in [-0.1, -0.05) is 0 Å². The van der Waals surface area contributed by atoms with Crippen LogP contribution in [0.3, 0.4) is 0 Å². The van der Waals surface area contributed by atoms with E-state index in [0.29, 0.717) is 5.41 Å². The van der Waals surface area contributed by atoms with Crippen molar-refractivity contribution in [1.82, 2.24) is 4.98 Å². The van der Waals surface area contributed by atoms with Crippen LogP contribution in [0.15, 0.2) is 12.3 Å². The first kappa shape index (κ1) is 12.4. The number of hydrogen-bond donors (Lipinski definition) is 0. The fourth-order valence-electron chi connectivity index (χ4n) is 5.73. The van der Waals surface area contributed by atoms with Gasteiger partial charge in [-0.3, -0.25) is 4.98 Å². The van der Waals surface area contributed by atoms with Gasteiger partial charge in [-0.2, -0.15) is 5.26 Å². The summed E-state index contributed by atoms with van der Waals surface area (Å²) < 4.78 is 0. The maximum Gasteiger partial charge on any atom is 0.101 e. The molecule has 1 aromatic heterocycles. The number of nitrogens with zero attached hydrogens (tertiary/aromatic N) is 2. The Morgan fingerprint density at radius 2 is 1.80 bits per heavy atom. The van der Waals surface area contributed by atoms with Crippen molar-refractivity contribution in [3.05, 3.63) is 29.1 Å². The summed E-state index contributed by atoms with van der Waals surface area (Å²) in [5, 5.41) is 9.18. The van der Waals surface area contributed by atoms with Gasteiger partial charge in [-0.15, -0.1) is 0 Å². The third-order valence-electron chi connectivity index (χ3n) is 6.01. The predicted octanol–water partition coefficient (Wildman–Crippen LogP) is 4.02. The number of pyridine rings is 1. The zero-order valence-corrected chi connectivity index (χ0v) is 12.2. The Morgan fingerprint density at radius 3 is 2.35 bits per heavy atom. The second-order valence-electron chi connectivity index (χ2n) is 7.68. The highest BCUT2D eigenvalue weighted by Crippen LogP contribution is 2.61. The number of hydrogen-bond acceptors (Lipinski definition) is 2. The molecule has 1 aromatic rings. The molecule has 4 aliphatic rings. The van der Waals surface area contributed by atoms with Crippen molar-refractivity contribution in [2.45, 2.75) is 51.9 Å². The molecule has 104 valence electrons. The Balaban J connectivity index is 1.61. The summed E-state index contributed by atoms with van der Waals surface area (Å²) in [4.78, 5) is 4.43. The Kier molecular flexibility index (Phi) is 2.67. The Labute approximate surface area is 121 Å². The number of aryl methyl sites for hydroxylation is 1. The molecule has 0 aromatic carbocycles. The van der Waals surface area contributed by atoms with Crippen LogP contribution in [0.25, 0.3) is 0 Å². The van der Waals surface area contributed by atoms with E-state index in [2.05, 4.69) is 17.1 Å². The second kappa shape index (κ2) is 4.32. The summed E-state index contributed by atoms with van der Waals surface area (Å²) in [5.41, 5.74) is 3.45. The molecule has 2 nitrogen and oxygen atoms in total. The van der Waals surface area contributed by atoms with Gasteiger partial charge in [0.25, 0.3) is 0 Å². The standard InChI is InChI=1S/C18H22N2/c1-12-17(10-19)5-16(11-20-12)9-18-6-13-2-14(7-18)4-15(3-13)8-18/h5,11,13-15H,2-4,6-9H2,1H3. The fourth-order valence-corrected chi connectivity index (χ4v) is 5.73. The predicted molar refractivity (Wildman–Crippen MR) is 78.0 cm³/mol. The van der Waals surface area contributed by atoms with E-state index in [9.17, 15) is 5.26 Å². The SMILES string of the molecule is Cc1ncc(CC23CC4CC(CC(C4)C2)C3)cc1C#N. The van der Waals surface area contributed by atoms with Gasteiger partial charge in [0.1, 0.15) is 6.07 Å². The van der Waals surface area contributed by atoms with Crippen LogP contribution in [0.1, 0.15) is 55.3 Å². The smallest absolute Gasteiger partial charge is 0.101 e. The average Bonchev–Trinajstić information content (AvgIpc) is 2.39. The van der Waals surface area contributed by atoms with Crippen molar-refractivity contribution < 1.29 is 0 Å². The fraction of sp³-hybridized carbons (Fsp3) is 0.667. The summed E-state index contributed by atoms with van der Waals surface area (Å²) in [6.45, 7) is 1.92. The van der Waals surface area contributed by atoms with Crippen LogP contribution in [-0.2, 0) is 6.42 Å². The molecule has 2 heteroatoms. The Bertz CT molecular complexity index is 546. The molecular weight excluding hydrogens is 244 g/mol. The Morgan fingerprint density at radius 1 is 1.20 bits per heavy atom. The quantitative estimate of drug-likeness (QED) is 0.810. The van der Waals surface area contributed by atoms with Gasteiger partial charge in [0.05, 0.1) is 11.3 Å². The third-order valence-corrected chi connectivity index (χ3v) is 6.01. The summed E-state index contributed by atoms with van der Waals surface area (Å²) >= 11 is 0. The van der Waals surface area contributed by atoms with Crippen LogP contribution >= 0.6 is 0 Å². The molecule has 0 radical (unpaired) electrons. The lowest BCUT2D eigenvalue weighted by Crippen LogP contribution is -2.47. The minimum atomic E-state index is 0.540. The first-order valence-electron chi connectivity index (χ1n) is 8.01. The molecule has 20 heavy (non-hydrogen) atoms. The Hall–Kier alpha value is -1.36. The number of rotatable bonds is 2. The molecule has 4 saturated carbocycles. The van der Waals surface area contributed by atoms with Crippen LogP contribution in [0.2, 0.25) is 0 Å². The number of nitriles is 1. The maximum atomic E-state index is 9.18. The van der Waals surface area contributed by atoms with Crippen molar-refractivity contribution in [3.8, 4) is 6.07 Å². The van der Waals surface area contributed by atoms with Gasteiger partial charge in [0.15, 0.2) is 0 Å². The molecule has 4 fully saturated rings. The number of aromatic nitrogens is 1. The summed E-state index contributed by atoms with van der Waals surface area (Å²) in [5.74, 6) is 2.99. The first-order chi connectivity index (χ1) is 9.66. The van der Waals surface area contributed by atoms with E-state index in [1.54, 1.807) is 0 Å². The molecule has 4 bridgehead atoms. The minimum absolute atomic E-state index is 0.540. The molecule has 0 saturated heterocycles. The first-order valence-corrected chi connectivity index (χ1v) is 8.01. The normalized spacial score (nSPS) is 37.9. The second-order valence-corrected chi connectivity index (χ2v) is 7.68. The average molecular weight is 266 g/mol. The maximum absolute atomic E-state index is 9.18. The van der Waals surface area contributed by atoms with E-state index in [0.717, 1.165) is 35.4 Å². The lowest BCUT2D eigenvalue weighted by Gasteiger charge is -2.57. The van der Waals surface area contributed by atoms with Gasteiger partial charge in [0, 0.05) is 6.20 Å². The highest BCUT2D eigenvalue weighted by Gasteiger charge is 2.50. The lowest BCUT2D eigenvalue weighted by atomic mass is 9.48. The van der Waals surface area contributed by atoms with Gasteiger partial charge in [-0.05, 0) is 86.7 Å². The highest BCUT2D eigenvalue weighted by molar-refractivity contribution is 5.35. The van der Waals surface area contributed by atoms with Crippen LogP contribution in [0, 0.1) is 41.4 Å². The van der Waals surface area contributed by atoms with Crippen molar-refractivity contribution in [3.63, 3.8) is 0 Å². The largest absolute Gasteiger partial charge is 0.260 e. The van der Waals surface area contributed by atoms with Gasteiger partial charge >= 0.3 is 0 Å². The van der Waals surface area contributed by atoms with E-state index >= 15 is 0 Å². The molecule has 0 unspecified atom stereocenters. The molecule has 1 heterocycles. The summed E-state index contributed by atoms with van der Waals surface area (Å²) in [7, 11) is 0. The van der Waals surface area contributed by atoms with Gasteiger partial charge < -0.3 is 0 Å². The topological polar surface area (TPSA) is 36.7 Å². The highest BCUT2D eigenvalue weighted by atomic mass is 14.7. The third kappa shape index (κ3) is 1.95. The van der Waals surface area contributed by atoms with Crippen LogP contribution in [0.5, 0.6) is 0 Å². The zero-order valence-electron chi connectivity index (χ0n) is 12.2. The van der Waals surface area contributed by atoms with Crippen LogP contribution < -0.4 is 0 Å². The van der Waals surface area contributed by atoms with Crippen molar-refractivity contribution >= 4 is 0 Å². The zero-order chi connectivity index (χ0) is 13.7. The van der Waals surface area contributed by atoms with Crippen molar-refractivity contribution in [2.75, 3.05) is 0 Å².